The van der Waals surface area contributed by atoms with Crippen LogP contribution in [-0.4, -0.2) is 10.8 Å². The van der Waals surface area contributed by atoms with Crippen molar-refractivity contribution >= 4 is 28.5 Å². The molecule has 1 rings (SSSR count). The minimum atomic E-state index is -0.882. The summed E-state index contributed by atoms with van der Waals surface area (Å²) in [6.45, 7) is 1.89. The lowest BCUT2D eigenvalue weighted by molar-refractivity contribution is 0.600. The highest BCUT2D eigenvalue weighted by atomic mass is 35.5. The first-order chi connectivity index (χ1) is 6.00. The summed E-state index contributed by atoms with van der Waals surface area (Å²) in [5, 5.41) is 0.646. The van der Waals surface area contributed by atoms with Crippen molar-refractivity contribution in [2.24, 2.45) is 0 Å². The van der Waals surface area contributed by atoms with E-state index >= 15 is 0 Å². The third kappa shape index (κ3) is 2.79. The van der Waals surface area contributed by atoms with E-state index in [0.717, 1.165) is 11.1 Å². The van der Waals surface area contributed by atoms with Gasteiger partial charge in [-0.05, 0) is 24.6 Å². The van der Waals surface area contributed by atoms with Crippen LogP contribution in [-0.2, 0) is 16.9 Å². The van der Waals surface area contributed by atoms with E-state index in [9.17, 15) is 4.55 Å². The van der Waals surface area contributed by atoms with Gasteiger partial charge in [0.25, 0.3) is 0 Å². The summed E-state index contributed by atoms with van der Waals surface area (Å²) in [5.41, 5.74) is 8.31. The maximum atomic E-state index is 11.0. The van der Waals surface area contributed by atoms with Crippen molar-refractivity contribution in [1.29, 1.82) is 0 Å². The van der Waals surface area contributed by atoms with Crippen molar-refractivity contribution in [1.82, 2.24) is 0 Å². The van der Waals surface area contributed by atoms with Crippen LogP contribution >= 0.6 is 11.6 Å². The zero-order chi connectivity index (χ0) is 10.0. The van der Waals surface area contributed by atoms with E-state index < -0.39 is 11.2 Å². The fourth-order valence-electron chi connectivity index (χ4n) is 1.16. The fourth-order valence-corrected chi connectivity index (χ4v) is 2.13. The van der Waals surface area contributed by atoms with Gasteiger partial charge in [0.05, 0.1) is 6.26 Å². The van der Waals surface area contributed by atoms with Gasteiger partial charge in [-0.1, -0.05) is 22.8 Å². The van der Waals surface area contributed by atoms with Crippen molar-refractivity contribution in [2.75, 3.05) is 12.0 Å². The van der Waals surface area contributed by atoms with Crippen molar-refractivity contribution in [3.63, 3.8) is 0 Å². The topological polar surface area (TPSA) is 49.1 Å². The first-order valence-electron chi connectivity index (χ1n) is 3.85. The number of anilines is 1. The fraction of sp³-hybridized carbons (Fsp3) is 0.333. The Hall–Kier alpha value is -0.380. The van der Waals surface area contributed by atoms with Crippen LogP contribution in [0.1, 0.15) is 11.1 Å². The summed E-state index contributed by atoms with van der Waals surface area (Å²) in [6.07, 6.45) is 1.65. The Balaban J connectivity index is 3.05. The molecule has 0 spiro atoms. The van der Waals surface area contributed by atoms with Crippen LogP contribution < -0.4 is 5.73 Å². The molecule has 4 heteroatoms. The molecule has 0 aliphatic rings. The average Bonchev–Trinajstić information content (AvgIpc) is 1.98. The Morgan fingerprint density at radius 1 is 1.54 bits per heavy atom. The molecule has 0 fully saturated rings. The summed E-state index contributed by atoms with van der Waals surface area (Å²) in [4.78, 5) is 0. The van der Waals surface area contributed by atoms with Gasteiger partial charge in [-0.25, -0.2) is 0 Å². The molecule has 72 valence electrons. The number of nitrogens with two attached hydrogens (primary N) is 1. The molecule has 1 unspecified atom stereocenters. The first-order valence-corrected chi connectivity index (χ1v) is 5.95. The average molecular weight is 218 g/mol. The van der Waals surface area contributed by atoms with Crippen LogP contribution in [0.4, 0.5) is 5.69 Å². The molecular weight excluding hydrogens is 206 g/mol. The molecule has 1 atom stereocenters. The predicted molar refractivity (Wildman–Crippen MR) is 58.4 cm³/mol. The summed E-state index contributed by atoms with van der Waals surface area (Å²) in [6, 6.07) is 3.57. The minimum Gasteiger partial charge on any atom is -0.616 e. The van der Waals surface area contributed by atoms with Gasteiger partial charge in [0.1, 0.15) is 5.75 Å². The highest BCUT2D eigenvalue weighted by Gasteiger charge is 2.08. The number of hydrogen-bond donors (Lipinski definition) is 1. The lowest BCUT2D eigenvalue weighted by Gasteiger charge is -2.10. The molecule has 0 saturated carbocycles. The smallest absolute Gasteiger partial charge is 0.132 e. The van der Waals surface area contributed by atoms with Crippen LogP contribution in [0, 0.1) is 6.92 Å². The predicted octanol–water partition coefficient (Wildman–Crippen LogP) is 2.11. The monoisotopic (exact) mass is 217 g/mol. The third-order valence-corrected chi connectivity index (χ3v) is 2.73. The molecule has 2 N–H and O–H groups in total. The second-order valence-corrected chi connectivity index (χ2v) is 4.88. The van der Waals surface area contributed by atoms with E-state index in [1.54, 1.807) is 18.4 Å². The van der Waals surface area contributed by atoms with Gasteiger partial charge in [0, 0.05) is 16.3 Å². The maximum Gasteiger partial charge on any atom is 0.132 e. The van der Waals surface area contributed by atoms with Crippen molar-refractivity contribution in [2.45, 2.75) is 12.7 Å². The van der Waals surface area contributed by atoms with Gasteiger partial charge in [-0.3, -0.25) is 0 Å². The van der Waals surface area contributed by atoms with Crippen LogP contribution in [0.5, 0.6) is 0 Å². The van der Waals surface area contributed by atoms with E-state index in [-0.39, 0.29) is 0 Å². The quantitative estimate of drug-likeness (QED) is 0.609. The van der Waals surface area contributed by atoms with Gasteiger partial charge >= 0.3 is 0 Å². The number of aryl methyl sites for hydroxylation is 1. The highest BCUT2D eigenvalue weighted by Crippen LogP contribution is 2.24. The standard InChI is InChI=1S/C9H12ClNOS/c1-6-3-8(10)4-7(9(6)11)5-13(2)12/h3-4H,5,11H2,1-2H3. The minimum absolute atomic E-state index is 0.466. The second-order valence-electron chi connectivity index (χ2n) is 3.01. The molecule has 0 aromatic heterocycles. The highest BCUT2D eigenvalue weighted by molar-refractivity contribution is 7.89. The Morgan fingerprint density at radius 3 is 2.69 bits per heavy atom. The van der Waals surface area contributed by atoms with E-state index in [1.807, 2.05) is 6.92 Å². The van der Waals surface area contributed by atoms with Crippen LogP contribution in [0.15, 0.2) is 12.1 Å². The van der Waals surface area contributed by atoms with Crippen molar-refractivity contribution in [3.8, 4) is 0 Å². The molecule has 0 aliphatic heterocycles. The first kappa shape index (κ1) is 10.7. The zero-order valence-corrected chi connectivity index (χ0v) is 9.21. The molecule has 0 saturated heterocycles. The SMILES string of the molecule is Cc1cc(Cl)cc(C[S+](C)[O-])c1N. The van der Waals surface area contributed by atoms with E-state index in [4.69, 9.17) is 17.3 Å². The largest absolute Gasteiger partial charge is 0.616 e. The lowest BCUT2D eigenvalue weighted by atomic mass is 10.1. The van der Waals surface area contributed by atoms with Gasteiger partial charge in [0.15, 0.2) is 0 Å². The molecule has 1 aromatic rings. The molecule has 0 radical (unpaired) electrons. The number of nitrogen functional groups attached to an aromatic ring is 1. The van der Waals surface area contributed by atoms with E-state index in [2.05, 4.69) is 0 Å². The number of rotatable bonds is 2. The summed E-state index contributed by atoms with van der Waals surface area (Å²) in [5.74, 6) is 0.466. The number of benzene rings is 1. The Morgan fingerprint density at radius 2 is 2.15 bits per heavy atom. The lowest BCUT2D eigenvalue weighted by Crippen LogP contribution is -2.05. The molecule has 2 nitrogen and oxygen atoms in total. The molecule has 0 heterocycles. The number of halogens is 1. The summed E-state index contributed by atoms with van der Waals surface area (Å²) in [7, 11) is 0. The van der Waals surface area contributed by atoms with Crippen molar-refractivity contribution in [3.05, 3.63) is 28.3 Å². The van der Waals surface area contributed by atoms with E-state index in [1.165, 1.54) is 0 Å². The van der Waals surface area contributed by atoms with Gasteiger partial charge in [-0.2, -0.15) is 0 Å². The van der Waals surface area contributed by atoms with Crippen LogP contribution in [0.3, 0.4) is 0 Å². The summed E-state index contributed by atoms with van der Waals surface area (Å²) < 4.78 is 11.0. The number of hydrogen-bond acceptors (Lipinski definition) is 2. The van der Waals surface area contributed by atoms with Gasteiger partial charge in [0.2, 0.25) is 0 Å². The molecule has 13 heavy (non-hydrogen) atoms. The molecule has 0 bridgehead atoms. The zero-order valence-electron chi connectivity index (χ0n) is 7.63. The van der Waals surface area contributed by atoms with Crippen LogP contribution in [0.25, 0.3) is 0 Å². The Kier molecular flexibility index (Phi) is 3.47. The maximum absolute atomic E-state index is 11.0. The van der Waals surface area contributed by atoms with Crippen molar-refractivity contribution < 1.29 is 4.55 Å². The van der Waals surface area contributed by atoms with E-state index in [0.29, 0.717) is 16.5 Å². The molecule has 0 aliphatic carbocycles. The normalized spacial score (nSPS) is 12.9. The Labute approximate surface area is 86.3 Å². The van der Waals surface area contributed by atoms with Gasteiger partial charge < -0.3 is 10.3 Å². The third-order valence-electron chi connectivity index (χ3n) is 1.80. The second kappa shape index (κ2) is 4.22. The van der Waals surface area contributed by atoms with Crippen LogP contribution in [0.2, 0.25) is 5.02 Å². The summed E-state index contributed by atoms with van der Waals surface area (Å²) >= 11 is 4.97. The molecule has 1 aromatic carbocycles. The molecule has 0 amide bonds. The Bertz CT molecular complexity index is 315. The molecular formula is C9H12ClNOS. The van der Waals surface area contributed by atoms with Gasteiger partial charge in [-0.15, -0.1) is 0 Å².